The SMILES string of the molecule is CCCCc1nc(-c2ccc(C(=O)OC)cc2)cn1C(=O)OC(C)(C)C. The molecule has 1 heterocycles. The number of benzene rings is 1. The third kappa shape index (κ3) is 4.94. The minimum absolute atomic E-state index is 0.389. The van der Waals surface area contributed by atoms with Crippen LogP contribution in [0.4, 0.5) is 4.79 Å². The molecule has 0 N–H and O–H groups in total. The molecule has 0 radical (unpaired) electrons. The number of unbranched alkanes of at least 4 members (excludes halogenated alkanes) is 1. The van der Waals surface area contributed by atoms with E-state index in [-0.39, 0.29) is 5.97 Å². The molecule has 2 rings (SSSR count). The van der Waals surface area contributed by atoms with Crippen molar-refractivity contribution in [2.45, 2.75) is 52.6 Å². The van der Waals surface area contributed by atoms with E-state index in [0.29, 0.717) is 23.5 Å². The lowest BCUT2D eigenvalue weighted by atomic mass is 10.1. The van der Waals surface area contributed by atoms with Crippen molar-refractivity contribution < 1.29 is 19.1 Å². The van der Waals surface area contributed by atoms with Crippen molar-refractivity contribution in [1.29, 1.82) is 0 Å². The monoisotopic (exact) mass is 358 g/mol. The van der Waals surface area contributed by atoms with E-state index in [0.717, 1.165) is 18.4 Å². The molecule has 0 aliphatic rings. The predicted molar refractivity (Wildman–Crippen MR) is 99.2 cm³/mol. The largest absolute Gasteiger partial charge is 0.465 e. The van der Waals surface area contributed by atoms with Crippen LogP contribution in [0.5, 0.6) is 0 Å². The predicted octanol–water partition coefficient (Wildman–Crippen LogP) is 4.46. The number of methoxy groups -OCH3 is 1. The van der Waals surface area contributed by atoms with Gasteiger partial charge in [0.15, 0.2) is 0 Å². The lowest BCUT2D eigenvalue weighted by Gasteiger charge is -2.20. The molecule has 0 bridgehead atoms. The summed E-state index contributed by atoms with van der Waals surface area (Å²) in [4.78, 5) is 28.7. The molecule has 0 saturated heterocycles. The lowest BCUT2D eigenvalue weighted by Crippen LogP contribution is -2.27. The number of ether oxygens (including phenoxy) is 2. The molecule has 26 heavy (non-hydrogen) atoms. The van der Waals surface area contributed by atoms with Crippen LogP contribution >= 0.6 is 0 Å². The van der Waals surface area contributed by atoms with Gasteiger partial charge in [-0.2, -0.15) is 0 Å². The Balaban J connectivity index is 2.34. The van der Waals surface area contributed by atoms with E-state index < -0.39 is 11.7 Å². The Morgan fingerprint density at radius 3 is 2.35 bits per heavy atom. The fraction of sp³-hybridized carbons (Fsp3) is 0.450. The summed E-state index contributed by atoms with van der Waals surface area (Å²) < 4.78 is 11.7. The summed E-state index contributed by atoms with van der Waals surface area (Å²) in [6, 6.07) is 6.94. The number of aromatic nitrogens is 2. The maximum Gasteiger partial charge on any atom is 0.420 e. The minimum Gasteiger partial charge on any atom is -0.465 e. The number of rotatable bonds is 5. The van der Waals surface area contributed by atoms with Crippen LogP contribution in [0, 0.1) is 0 Å². The minimum atomic E-state index is -0.578. The van der Waals surface area contributed by atoms with Gasteiger partial charge in [-0.3, -0.25) is 0 Å². The Morgan fingerprint density at radius 2 is 1.81 bits per heavy atom. The molecule has 0 saturated carbocycles. The highest BCUT2D eigenvalue weighted by molar-refractivity contribution is 5.89. The van der Waals surface area contributed by atoms with Gasteiger partial charge in [0.25, 0.3) is 0 Å². The normalized spacial score (nSPS) is 11.3. The van der Waals surface area contributed by atoms with Crippen LogP contribution in [-0.4, -0.2) is 34.3 Å². The summed E-state index contributed by atoms with van der Waals surface area (Å²) in [6.45, 7) is 7.59. The van der Waals surface area contributed by atoms with Gasteiger partial charge < -0.3 is 9.47 Å². The maximum atomic E-state index is 12.5. The highest BCUT2D eigenvalue weighted by Crippen LogP contribution is 2.22. The molecule has 140 valence electrons. The molecule has 0 aliphatic carbocycles. The van der Waals surface area contributed by atoms with Crippen LogP contribution in [0.25, 0.3) is 11.3 Å². The first-order chi connectivity index (χ1) is 12.2. The first-order valence-corrected chi connectivity index (χ1v) is 8.75. The molecule has 1 aromatic heterocycles. The van der Waals surface area contributed by atoms with Gasteiger partial charge in [-0.05, 0) is 39.3 Å². The first-order valence-electron chi connectivity index (χ1n) is 8.75. The molecule has 0 spiro atoms. The maximum absolute atomic E-state index is 12.5. The van der Waals surface area contributed by atoms with Gasteiger partial charge in [0.2, 0.25) is 0 Å². The Hall–Kier alpha value is -2.63. The number of hydrogen-bond donors (Lipinski definition) is 0. The quantitative estimate of drug-likeness (QED) is 0.738. The number of nitrogens with zero attached hydrogens (tertiary/aromatic N) is 2. The summed E-state index contributed by atoms with van der Waals surface area (Å²) in [5.74, 6) is 0.285. The van der Waals surface area contributed by atoms with E-state index >= 15 is 0 Å². The van der Waals surface area contributed by atoms with Crippen molar-refractivity contribution in [2.75, 3.05) is 7.11 Å². The van der Waals surface area contributed by atoms with Gasteiger partial charge in [-0.15, -0.1) is 0 Å². The van der Waals surface area contributed by atoms with E-state index in [2.05, 4.69) is 11.9 Å². The molecule has 2 aromatic rings. The standard InChI is InChI=1S/C20H26N2O4/c1-6-7-8-17-21-16(13-22(17)19(24)26-20(2,3)4)14-9-11-15(12-10-14)18(23)25-5/h9-13H,6-8H2,1-5H3. The van der Waals surface area contributed by atoms with E-state index in [1.807, 2.05) is 20.8 Å². The highest BCUT2D eigenvalue weighted by Gasteiger charge is 2.21. The fourth-order valence-corrected chi connectivity index (χ4v) is 2.43. The van der Waals surface area contributed by atoms with Crippen molar-refractivity contribution in [3.8, 4) is 11.3 Å². The molecular formula is C20H26N2O4. The van der Waals surface area contributed by atoms with Crippen LogP contribution in [0.3, 0.4) is 0 Å². The Bertz CT molecular complexity index is 770. The number of carbonyl (C=O) groups excluding carboxylic acids is 2. The zero-order chi connectivity index (χ0) is 19.3. The van der Waals surface area contributed by atoms with Crippen LogP contribution in [0.2, 0.25) is 0 Å². The number of carbonyl (C=O) groups is 2. The van der Waals surface area contributed by atoms with Crippen LogP contribution < -0.4 is 0 Å². The molecular weight excluding hydrogens is 332 g/mol. The van der Waals surface area contributed by atoms with Crippen molar-refractivity contribution in [3.63, 3.8) is 0 Å². The molecule has 0 atom stereocenters. The number of esters is 1. The summed E-state index contributed by atoms with van der Waals surface area (Å²) in [7, 11) is 1.35. The molecule has 0 amide bonds. The Labute approximate surface area is 154 Å². The molecule has 0 unspecified atom stereocenters. The number of aryl methyl sites for hydroxylation is 1. The van der Waals surface area contributed by atoms with Gasteiger partial charge in [0, 0.05) is 18.2 Å². The van der Waals surface area contributed by atoms with E-state index in [1.165, 1.54) is 11.7 Å². The van der Waals surface area contributed by atoms with Crippen molar-refractivity contribution in [2.24, 2.45) is 0 Å². The second-order valence-electron chi connectivity index (χ2n) is 7.07. The summed E-state index contributed by atoms with van der Waals surface area (Å²) >= 11 is 0. The molecule has 0 fully saturated rings. The molecule has 1 aromatic carbocycles. The summed E-state index contributed by atoms with van der Waals surface area (Å²) in [6.07, 6.45) is 3.88. The average Bonchev–Trinajstić information content (AvgIpc) is 3.02. The Kier molecular flexibility index (Phi) is 6.18. The smallest absolute Gasteiger partial charge is 0.420 e. The highest BCUT2D eigenvalue weighted by atomic mass is 16.6. The third-order valence-electron chi connectivity index (χ3n) is 3.72. The van der Waals surface area contributed by atoms with Gasteiger partial charge in [-0.1, -0.05) is 25.5 Å². The van der Waals surface area contributed by atoms with Gasteiger partial charge >= 0.3 is 12.1 Å². The van der Waals surface area contributed by atoms with E-state index in [9.17, 15) is 9.59 Å². The molecule has 6 heteroatoms. The summed E-state index contributed by atoms with van der Waals surface area (Å²) in [5, 5.41) is 0. The number of hydrogen-bond acceptors (Lipinski definition) is 5. The first kappa shape index (κ1) is 19.7. The van der Waals surface area contributed by atoms with Crippen molar-refractivity contribution in [1.82, 2.24) is 9.55 Å². The number of imidazole rings is 1. The fourth-order valence-electron chi connectivity index (χ4n) is 2.43. The second-order valence-corrected chi connectivity index (χ2v) is 7.07. The third-order valence-corrected chi connectivity index (χ3v) is 3.72. The topological polar surface area (TPSA) is 70.4 Å². The molecule has 0 aliphatic heterocycles. The van der Waals surface area contributed by atoms with Crippen LogP contribution in [0.15, 0.2) is 30.5 Å². The molecule has 6 nitrogen and oxygen atoms in total. The van der Waals surface area contributed by atoms with Crippen molar-refractivity contribution >= 4 is 12.1 Å². The van der Waals surface area contributed by atoms with Crippen molar-refractivity contribution in [3.05, 3.63) is 41.9 Å². The van der Waals surface area contributed by atoms with Crippen LogP contribution in [-0.2, 0) is 15.9 Å². The van der Waals surface area contributed by atoms with Gasteiger partial charge in [0.1, 0.15) is 11.4 Å². The average molecular weight is 358 g/mol. The summed E-state index contributed by atoms with van der Waals surface area (Å²) in [5.41, 5.74) is 1.37. The van der Waals surface area contributed by atoms with E-state index in [4.69, 9.17) is 9.47 Å². The zero-order valence-electron chi connectivity index (χ0n) is 16.0. The van der Waals surface area contributed by atoms with Crippen LogP contribution in [0.1, 0.15) is 56.7 Å². The van der Waals surface area contributed by atoms with Gasteiger partial charge in [-0.25, -0.2) is 19.1 Å². The van der Waals surface area contributed by atoms with E-state index in [1.54, 1.807) is 30.5 Å². The zero-order valence-corrected chi connectivity index (χ0v) is 16.0. The second kappa shape index (κ2) is 8.17. The van der Waals surface area contributed by atoms with Gasteiger partial charge in [0.05, 0.1) is 18.4 Å². The Morgan fingerprint density at radius 1 is 1.15 bits per heavy atom. The lowest BCUT2D eigenvalue weighted by molar-refractivity contribution is 0.0530.